The lowest BCUT2D eigenvalue weighted by molar-refractivity contribution is 0.154. The van der Waals surface area contributed by atoms with Gasteiger partial charge in [-0.15, -0.1) is 0 Å². The summed E-state index contributed by atoms with van der Waals surface area (Å²) in [6.07, 6.45) is 2.83. The average Bonchev–Trinajstić information content (AvgIpc) is 2.29. The number of ether oxygens (including phenoxy) is 1. The summed E-state index contributed by atoms with van der Waals surface area (Å²) in [4.78, 5) is 14.4. The summed E-state index contributed by atoms with van der Waals surface area (Å²) < 4.78 is 4.61. The van der Waals surface area contributed by atoms with Crippen LogP contribution >= 0.6 is 0 Å². The number of nitrogens with zero attached hydrogens (tertiary/aromatic N) is 1. The molecule has 0 atom stereocenters. The SMILES string of the molecule is NC(=O)OCCCCNCc1ccccn1. The lowest BCUT2D eigenvalue weighted by Crippen LogP contribution is -2.17. The minimum Gasteiger partial charge on any atom is -0.450 e. The molecule has 0 unspecified atom stereocenters. The van der Waals surface area contributed by atoms with Crippen molar-refractivity contribution >= 4 is 6.09 Å². The number of carbonyl (C=O) groups is 1. The van der Waals surface area contributed by atoms with Crippen LogP contribution in [-0.4, -0.2) is 24.2 Å². The molecule has 88 valence electrons. The van der Waals surface area contributed by atoms with Gasteiger partial charge >= 0.3 is 6.09 Å². The summed E-state index contributed by atoms with van der Waals surface area (Å²) in [5.74, 6) is 0. The van der Waals surface area contributed by atoms with Gasteiger partial charge in [-0.1, -0.05) is 6.07 Å². The zero-order valence-corrected chi connectivity index (χ0v) is 9.19. The molecule has 1 rings (SSSR count). The Morgan fingerprint density at radius 3 is 3.00 bits per heavy atom. The quantitative estimate of drug-likeness (QED) is 0.677. The molecule has 1 aromatic rings. The Morgan fingerprint density at radius 1 is 1.44 bits per heavy atom. The van der Waals surface area contributed by atoms with Crippen LogP contribution in [0, 0.1) is 0 Å². The molecule has 0 aliphatic rings. The van der Waals surface area contributed by atoms with Crippen molar-refractivity contribution in [1.29, 1.82) is 0 Å². The third-order valence-electron chi connectivity index (χ3n) is 2.02. The molecule has 0 saturated carbocycles. The fourth-order valence-electron chi connectivity index (χ4n) is 1.24. The maximum atomic E-state index is 10.2. The molecule has 0 bridgehead atoms. The third kappa shape index (κ3) is 5.98. The van der Waals surface area contributed by atoms with Crippen molar-refractivity contribution in [3.05, 3.63) is 30.1 Å². The minimum atomic E-state index is -0.707. The number of unbranched alkanes of at least 4 members (excludes halogenated alkanes) is 1. The van der Waals surface area contributed by atoms with Crippen LogP contribution in [0.15, 0.2) is 24.4 Å². The van der Waals surface area contributed by atoms with Gasteiger partial charge in [-0.05, 0) is 31.5 Å². The molecule has 0 fully saturated rings. The summed E-state index contributed by atoms with van der Waals surface area (Å²) in [6, 6.07) is 5.83. The summed E-state index contributed by atoms with van der Waals surface area (Å²) in [5, 5.41) is 3.26. The second kappa shape index (κ2) is 7.64. The average molecular weight is 223 g/mol. The number of amides is 1. The monoisotopic (exact) mass is 223 g/mol. The van der Waals surface area contributed by atoms with Crippen LogP contribution in [-0.2, 0) is 11.3 Å². The Hall–Kier alpha value is -1.62. The number of aromatic nitrogens is 1. The second-order valence-electron chi connectivity index (χ2n) is 3.37. The smallest absolute Gasteiger partial charge is 0.404 e. The van der Waals surface area contributed by atoms with Gasteiger partial charge in [0.2, 0.25) is 0 Å². The predicted molar refractivity (Wildman–Crippen MR) is 60.7 cm³/mol. The van der Waals surface area contributed by atoms with Gasteiger partial charge in [-0.3, -0.25) is 4.98 Å². The highest BCUT2D eigenvalue weighted by molar-refractivity contribution is 5.64. The number of primary amides is 1. The normalized spacial score (nSPS) is 10.0. The van der Waals surface area contributed by atoms with E-state index in [0.29, 0.717) is 6.61 Å². The third-order valence-corrected chi connectivity index (χ3v) is 2.02. The molecular formula is C11H17N3O2. The fraction of sp³-hybridized carbons (Fsp3) is 0.455. The van der Waals surface area contributed by atoms with E-state index in [-0.39, 0.29) is 0 Å². The molecule has 0 aliphatic heterocycles. The van der Waals surface area contributed by atoms with E-state index in [1.165, 1.54) is 0 Å². The summed E-state index contributed by atoms with van der Waals surface area (Å²) >= 11 is 0. The number of rotatable bonds is 7. The predicted octanol–water partition coefficient (Wildman–Crippen LogP) is 1.05. The van der Waals surface area contributed by atoms with Gasteiger partial charge in [0.25, 0.3) is 0 Å². The summed E-state index contributed by atoms with van der Waals surface area (Å²) in [5.41, 5.74) is 5.85. The van der Waals surface area contributed by atoms with E-state index in [1.54, 1.807) is 6.20 Å². The van der Waals surface area contributed by atoms with Crippen LogP contribution in [0.25, 0.3) is 0 Å². The van der Waals surface area contributed by atoms with Crippen LogP contribution in [0.5, 0.6) is 0 Å². The Labute approximate surface area is 95.0 Å². The first-order valence-electron chi connectivity index (χ1n) is 5.32. The molecule has 5 heteroatoms. The molecule has 3 N–H and O–H groups in total. The highest BCUT2D eigenvalue weighted by atomic mass is 16.5. The number of nitrogens with one attached hydrogen (secondary N) is 1. The lowest BCUT2D eigenvalue weighted by Gasteiger charge is -2.04. The first-order valence-corrected chi connectivity index (χ1v) is 5.32. The van der Waals surface area contributed by atoms with Gasteiger partial charge in [0.1, 0.15) is 0 Å². The van der Waals surface area contributed by atoms with Crippen LogP contribution in [0.4, 0.5) is 4.79 Å². The van der Waals surface area contributed by atoms with Gasteiger partial charge in [-0.2, -0.15) is 0 Å². The Kier molecular flexibility index (Phi) is 5.95. The van der Waals surface area contributed by atoms with Crippen molar-refractivity contribution in [3.63, 3.8) is 0 Å². The number of pyridine rings is 1. The number of carbonyl (C=O) groups excluding carboxylic acids is 1. The van der Waals surface area contributed by atoms with Crippen LogP contribution < -0.4 is 11.1 Å². The topological polar surface area (TPSA) is 77.2 Å². The largest absolute Gasteiger partial charge is 0.450 e. The molecule has 16 heavy (non-hydrogen) atoms. The molecule has 0 aromatic carbocycles. The van der Waals surface area contributed by atoms with Gasteiger partial charge in [0.15, 0.2) is 0 Å². The van der Waals surface area contributed by atoms with Crippen LogP contribution in [0.2, 0.25) is 0 Å². The van der Waals surface area contributed by atoms with Gasteiger partial charge in [0.05, 0.1) is 12.3 Å². The Morgan fingerprint density at radius 2 is 2.31 bits per heavy atom. The van der Waals surface area contributed by atoms with Crippen molar-refractivity contribution in [2.24, 2.45) is 5.73 Å². The highest BCUT2D eigenvalue weighted by Crippen LogP contribution is 1.93. The van der Waals surface area contributed by atoms with E-state index in [0.717, 1.165) is 31.6 Å². The zero-order chi connectivity index (χ0) is 11.6. The van der Waals surface area contributed by atoms with Crippen molar-refractivity contribution in [2.75, 3.05) is 13.2 Å². The maximum absolute atomic E-state index is 10.2. The van der Waals surface area contributed by atoms with E-state index in [9.17, 15) is 4.79 Å². The lowest BCUT2D eigenvalue weighted by atomic mass is 10.3. The summed E-state index contributed by atoms with van der Waals surface area (Å²) in [6.45, 7) is 2.02. The maximum Gasteiger partial charge on any atom is 0.404 e. The molecule has 1 amide bonds. The molecule has 0 saturated heterocycles. The first kappa shape index (κ1) is 12.4. The number of nitrogens with two attached hydrogens (primary N) is 1. The first-order chi connectivity index (χ1) is 7.79. The van der Waals surface area contributed by atoms with Crippen molar-refractivity contribution in [2.45, 2.75) is 19.4 Å². The zero-order valence-electron chi connectivity index (χ0n) is 9.19. The molecule has 1 heterocycles. The summed E-state index contributed by atoms with van der Waals surface area (Å²) in [7, 11) is 0. The second-order valence-corrected chi connectivity index (χ2v) is 3.37. The van der Waals surface area contributed by atoms with E-state index >= 15 is 0 Å². The molecule has 0 aliphatic carbocycles. The van der Waals surface area contributed by atoms with E-state index in [2.05, 4.69) is 15.0 Å². The van der Waals surface area contributed by atoms with Gasteiger partial charge in [-0.25, -0.2) is 4.79 Å². The molecule has 5 nitrogen and oxygen atoms in total. The van der Waals surface area contributed by atoms with Crippen molar-refractivity contribution in [3.8, 4) is 0 Å². The van der Waals surface area contributed by atoms with E-state index < -0.39 is 6.09 Å². The van der Waals surface area contributed by atoms with Gasteiger partial charge in [0, 0.05) is 12.7 Å². The van der Waals surface area contributed by atoms with Crippen LogP contribution in [0.3, 0.4) is 0 Å². The molecular weight excluding hydrogens is 206 g/mol. The van der Waals surface area contributed by atoms with Crippen molar-refractivity contribution < 1.29 is 9.53 Å². The van der Waals surface area contributed by atoms with Gasteiger partial charge < -0.3 is 15.8 Å². The Bertz CT molecular complexity index is 303. The Balaban J connectivity index is 1.94. The fourth-order valence-corrected chi connectivity index (χ4v) is 1.24. The number of hydrogen-bond donors (Lipinski definition) is 2. The van der Waals surface area contributed by atoms with E-state index in [4.69, 9.17) is 5.73 Å². The van der Waals surface area contributed by atoms with Crippen LogP contribution in [0.1, 0.15) is 18.5 Å². The highest BCUT2D eigenvalue weighted by Gasteiger charge is 1.94. The minimum absolute atomic E-state index is 0.389. The van der Waals surface area contributed by atoms with E-state index in [1.807, 2.05) is 18.2 Å². The standard InChI is InChI=1S/C11H17N3O2/c12-11(15)16-8-4-3-6-13-9-10-5-1-2-7-14-10/h1-2,5,7,13H,3-4,6,8-9H2,(H2,12,15). The number of hydrogen-bond acceptors (Lipinski definition) is 4. The molecule has 1 aromatic heterocycles. The van der Waals surface area contributed by atoms with Crippen molar-refractivity contribution in [1.82, 2.24) is 10.3 Å². The molecule has 0 radical (unpaired) electrons. The molecule has 0 spiro atoms.